The summed E-state index contributed by atoms with van der Waals surface area (Å²) < 4.78 is 0. The zero-order valence-corrected chi connectivity index (χ0v) is 5.76. The molecule has 48 valence electrons. The van der Waals surface area contributed by atoms with Crippen molar-refractivity contribution in [2.45, 2.75) is 0 Å². The van der Waals surface area contributed by atoms with E-state index in [9.17, 15) is 0 Å². The third-order valence-electron chi connectivity index (χ3n) is 0.737. The molecule has 3 nitrogen and oxygen atoms in total. The Bertz CT molecular complexity index is 183. The van der Waals surface area contributed by atoms with Gasteiger partial charge in [-0.1, -0.05) is 5.16 Å². The van der Waals surface area contributed by atoms with E-state index in [0.717, 1.165) is 4.88 Å². The molecule has 0 saturated heterocycles. The molecule has 0 bridgehead atoms. The van der Waals surface area contributed by atoms with Crippen molar-refractivity contribution in [2.24, 2.45) is 5.16 Å². The smallest absolute Gasteiger partial charge is 0.106 e. The van der Waals surface area contributed by atoms with Gasteiger partial charge in [0.1, 0.15) is 7.11 Å². The van der Waals surface area contributed by atoms with E-state index in [1.807, 2.05) is 0 Å². The van der Waals surface area contributed by atoms with E-state index >= 15 is 0 Å². The fourth-order valence-electron chi connectivity index (χ4n) is 0.394. The largest absolute Gasteiger partial charge is 0.399 e. The van der Waals surface area contributed by atoms with Crippen molar-refractivity contribution in [1.82, 2.24) is 4.98 Å². The highest BCUT2D eigenvalue weighted by Crippen LogP contribution is 2.00. The van der Waals surface area contributed by atoms with Crippen molar-refractivity contribution in [1.29, 1.82) is 0 Å². The number of rotatable bonds is 2. The summed E-state index contributed by atoms with van der Waals surface area (Å²) in [7, 11) is 1.51. The molecule has 1 rings (SSSR count). The molecule has 0 aromatic carbocycles. The van der Waals surface area contributed by atoms with Crippen LogP contribution in [-0.4, -0.2) is 18.3 Å². The predicted octanol–water partition coefficient (Wildman–Crippen LogP) is 1.12. The van der Waals surface area contributed by atoms with Gasteiger partial charge in [-0.25, -0.2) is 0 Å². The van der Waals surface area contributed by atoms with Gasteiger partial charge in [0, 0.05) is 6.20 Å². The second kappa shape index (κ2) is 3.19. The number of hydrogen-bond donors (Lipinski definition) is 0. The van der Waals surface area contributed by atoms with Crippen LogP contribution < -0.4 is 0 Å². The topological polar surface area (TPSA) is 34.5 Å². The molecule has 0 aliphatic carbocycles. The van der Waals surface area contributed by atoms with Gasteiger partial charge >= 0.3 is 0 Å². The van der Waals surface area contributed by atoms with E-state index in [4.69, 9.17) is 0 Å². The summed E-state index contributed by atoms with van der Waals surface area (Å²) in [5, 5.41) is 3.56. The zero-order chi connectivity index (χ0) is 6.53. The molecule has 0 aliphatic rings. The monoisotopic (exact) mass is 142 g/mol. The molecule has 1 heterocycles. The Balaban J connectivity index is 2.57. The third-order valence-corrected chi connectivity index (χ3v) is 1.45. The Kier molecular flexibility index (Phi) is 2.21. The Labute approximate surface area is 57.0 Å². The van der Waals surface area contributed by atoms with Crippen molar-refractivity contribution >= 4 is 17.6 Å². The van der Waals surface area contributed by atoms with E-state index in [1.165, 1.54) is 18.4 Å². The maximum absolute atomic E-state index is 4.46. The molecule has 0 saturated carbocycles. The van der Waals surface area contributed by atoms with Crippen LogP contribution in [0.3, 0.4) is 0 Å². The first-order valence-corrected chi connectivity index (χ1v) is 3.26. The van der Waals surface area contributed by atoms with Crippen LogP contribution in [0.25, 0.3) is 0 Å². The molecular weight excluding hydrogens is 136 g/mol. The quantitative estimate of drug-likeness (QED) is 0.458. The first-order valence-electron chi connectivity index (χ1n) is 2.38. The Hall–Kier alpha value is -0.900. The fourth-order valence-corrected chi connectivity index (χ4v) is 0.863. The van der Waals surface area contributed by atoms with Gasteiger partial charge in [0.2, 0.25) is 0 Å². The van der Waals surface area contributed by atoms with Crippen molar-refractivity contribution in [3.05, 3.63) is 16.6 Å². The summed E-state index contributed by atoms with van der Waals surface area (Å²) in [5.41, 5.74) is 1.75. The van der Waals surface area contributed by atoms with Crippen LogP contribution in [0.5, 0.6) is 0 Å². The normalized spacial score (nSPS) is 10.3. The Morgan fingerprint density at radius 3 is 3.33 bits per heavy atom. The predicted molar refractivity (Wildman–Crippen MR) is 36.7 cm³/mol. The van der Waals surface area contributed by atoms with Crippen molar-refractivity contribution in [2.75, 3.05) is 7.11 Å². The summed E-state index contributed by atoms with van der Waals surface area (Å²) >= 11 is 1.52. The second-order valence-electron chi connectivity index (χ2n) is 1.32. The molecule has 0 amide bonds. The summed E-state index contributed by atoms with van der Waals surface area (Å²) in [6, 6.07) is 0. The maximum atomic E-state index is 4.46. The first kappa shape index (κ1) is 6.22. The molecule has 1 aromatic rings. The molecule has 0 unspecified atom stereocenters. The van der Waals surface area contributed by atoms with Crippen LogP contribution in [-0.2, 0) is 4.84 Å². The highest BCUT2D eigenvalue weighted by molar-refractivity contribution is 7.11. The molecule has 0 N–H and O–H groups in total. The van der Waals surface area contributed by atoms with E-state index in [1.54, 1.807) is 17.9 Å². The molecule has 0 spiro atoms. The molecule has 4 heteroatoms. The average Bonchev–Trinajstić information content (AvgIpc) is 2.34. The van der Waals surface area contributed by atoms with E-state index in [-0.39, 0.29) is 0 Å². The third kappa shape index (κ3) is 1.81. The molecule has 1 aromatic heterocycles. The lowest BCUT2D eigenvalue weighted by molar-refractivity contribution is 0.215. The molecule has 0 radical (unpaired) electrons. The summed E-state index contributed by atoms with van der Waals surface area (Å²) in [4.78, 5) is 9.31. The van der Waals surface area contributed by atoms with Crippen LogP contribution in [0.4, 0.5) is 0 Å². The Morgan fingerprint density at radius 2 is 2.78 bits per heavy atom. The fraction of sp³-hybridized carbons (Fsp3) is 0.200. The average molecular weight is 142 g/mol. The highest BCUT2D eigenvalue weighted by Gasteiger charge is 1.85. The SMILES string of the molecule is CON=Cc1cncs1. The Morgan fingerprint density at radius 1 is 1.89 bits per heavy atom. The number of aromatic nitrogens is 1. The number of hydrogen-bond acceptors (Lipinski definition) is 4. The van der Waals surface area contributed by atoms with Gasteiger partial charge in [-0.2, -0.15) is 0 Å². The minimum absolute atomic E-state index is 0.997. The van der Waals surface area contributed by atoms with E-state index in [0.29, 0.717) is 0 Å². The number of oxime groups is 1. The lowest BCUT2D eigenvalue weighted by Crippen LogP contribution is -1.73. The molecule has 0 aliphatic heterocycles. The summed E-state index contributed by atoms with van der Waals surface area (Å²) in [5.74, 6) is 0. The van der Waals surface area contributed by atoms with Crippen LogP contribution >= 0.6 is 11.3 Å². The van der Waals surface area contributed by atoms with Crippen molar-refractivity contribution < 1.29 is 4.84 Å². The lowest BCUT2D eigenvalue weighted by atomic mass is 10.6. The van der Waals surface area contributed by atoms with Crippen LogP contribution in [0.1, 0.15) is 4.88 Å². The van der Waals surface area contributed by atoms with E-state index < -0.39 is 0 Å². The van der Waals surface area contributed by atoms with Crippen LogP contribution in [0.2, 0.25) is 0 Å². The number of nitrogens with zero attached hydrogens (tertiary/aromatic N) is 2. The van der Waals surface area contributed by atoms with Crippen LogP contribution in [0, 0.1) is 0 Å². The van der Waals surface area contributed by atoms with Gasteiger partial charge in [0.15, 0.2) is 0 Å². The van der Waals surface area contributed by atoms with Crippen molar-refractivity contribution in [3.8, 4) is 0 Å². The second-order valence-corrected chi connectivity index (χ2v) is 2.24. The lowest BCUT2D eigenvalue weighted by Gasteiger charge is -1.80. The zero-order valence-electron chi connectivity index (χ0n) is 4.94. The van der Waals surface area contributed by atoms with Gasteiger partial charge in [-0.15, -0.1) is 11.3 Å². The molecule has 0 atom stereocenters. The van der Waals surface area contributed by atoms with Gasteiger partial charge in [0.05, 0.1) is 16.6 Å². The van der Waals surface area contributed by atoms with Crippen molar-refractivity contribution in [3.63, 3.8) is 0 Å². The first-order chi connectivity index (χ1) is 4.43. The van der Waals surface area contributed by atoms with Gasteiger partial charge in [-0.3, -0.25) is 4.98 Å². The number of thiazole rings is 1. The van der Waals surface area contributed by atoms with Crippen LogP contribution in [0.15, 0.2) is 16.9 Å². The highest BCUT2D eigenvalue weighted by atomic mass is 32.1. The molecular formula is C5H6N2OS. The summed E-state index contributed by atoms with van der Waals surface area (Å²) in [6.07, 6.45) is 3.35. The standard InChI is InChI=1S/C5H6N2OS/c1-8-7-3-5-2-6-4-9-5/h2-4H,1H3. The summed E-state index contributed by atoms with van der Waals surface area (Å²) in [6.45, 7) is 0. The maximum Gasteiger partial charge on any atom is 0.106 e. The molecule has 9 heavy (non-hydrogen) atoms. The minimum atomic E-state index is 0.997. The van der Waals surface area contributed by atoms with E-state index in [2.05, 4.69) is 15.0 Å². The van der Waals surface area contributed by atoms with Gasteiger partial charge in [0.25, 0.3) is 0 Å². The van der Waals surface area contributed by atoms with Gasteiger partial charge < -0.3 is 4.84 Å². The molecule has 0 fully saturated rings. The van der Waals surface area contributed by atoms with Gasteiger partial charge in [-0.05, 0) is 0 Å². The minimum Gasteiger partial charge on any atom is -0.399 e.